The predicted molar refractivity (Wildman–Crippen MR) is 115 cm³/mol. The monoisotopic (exact) mass is 478 g/mol. The minimum absolute atomic E-state index is 0.0407. The van der Waals surface area contributed by atoms with Gasteiger partial charge < -0.3 is 20.7 Å². The quantitative estimate of drug-likeness (QED) is 0.552. The normalized spacial score (nSPS) is 13.9. The van der Waals surface area contributed by atoms with Crippen LogP contribution in [0.1, 0.15) is 18.1 Å². The van der Waals surface area contributed by atoms with Gasteiger partial charge in [0.2, 0.25) is 5.91 Å². The van der Waals surface area contributed by atoms with Crippen LogP contribution in [0, 0.1) is 0 Å². The molecule has 3 rings (SSSR count). The van der Waals surface area contributed by atoms with Gasteiger partial charge in [0, 0.05) is 6.54 Å². The number of carbonyl (C=O) groups excluding carboxylic acids is 4. The zero-order valence-corrected chi connectivity index (χ0v) is 17.9. The molecule has 0 bridgehead atoms. The first kappa shape index (κ1) is 24.6. The van der Waals surface area contributed by atoms with Crippen LogP contribution < -0.4 is 20.9 Å². The van der Waals surface area contributed by atoms with Crippen molar-refractivity contribution in [2.45, 2.75) is 25.7 Å². The Balaban J connectivity index is 1.55. The van der Waals surface area contributed by atoms with Gasteiger partial charge in [0.1, 0.15) is 13.1 Å². The molecule has 0 aromatic heterocycles. The Morgan fingerprint density at radius 3 is 2.50 bits per heavy atom. The first-order valence-electron chi connectivity index (χ1n) is 10.1. The van der Waals surface area contributed by atoms with Crippen molar-refractivity contribution in [1.29, 1.82) is 0 Å². The smallest absolute Gasteiger partial charge is 0.416 e. The SMILES string of the molecule is C[C@H](OC(=O)CNC(=O)NCc1ccccc1)C(=O)N1CC(=O)Nc2cc(C(F)(F)F)ccc21. The molecule has 3 N–H and O–H groups in total. The summed E-state index contributed by atoms with van der Waals surface area (Å²) in [4.78, 5) is 49.5. The number of nitrogens with one attached hydrogen (secondary N) is 3. The Hall–Kier alpha value is -4.09. The molecule has 4 amide bonds. The molecule has 1 heterocycles. The van der Waals surface area contributed by atoms with E-state index in [9.17, 15) is 32.3 Å². The van der Waals surface area contributed by atoms with Crippen LogP contribution in [-0.4, -0.2) is 43.0 Å². The Bertz CT molecular complexity index is 1090. The number of benzene rings is 2. The summed E-state index contributed by atoms with van der Waals surface area (Å²) in [5.74, 6) is -2.42. The topological polar surface area (TPSA) is 117 Å². The zero-order valence-electron chi connectivity index (χ0n) is 17.9. The highest BCUT2D eigenvalue weighted by molar-refractivity contribution is 6.11. The molecule has 0 saturated heterocycles. The number of rotatable bonds is 6. The van der Waals surface area contributed by atoms with E-state index in [1.807, 2.05) is 30.3 Å². The molecule has 1 aliphatic rings. The van der Waals surface area contributed by atoms with E-state index in [0.717, 1.165) is 28.7 Å². The number of esters is 1. The van der Waals surface area contributed by atoms with Gasteiger partial charge in [0.05, 0.1) is 16.9 Å². The van der Waals surface area contributed by atoms with Gasteiger partial charge in [0.15, 0.2) is 6.10 Å². The number of urea groups is 1. The molecule has 12 heteroatoms. The van der Waals surface area contributed by atoms with Gasteiger partial charge in [-0.25, -0.2) is 4.79 Å². The van der Waals surface area contributed by atoms with Crippen LogP contribution in [0.2, 0.25) is 0 Å². The van der Waals surface area contributed by atoms with Gasteiger partial charge in [-0.05, 0) is 30.7 Å². The fraction of sp³-hybridized carbons (Fsp3) is 0.273. The molecule has 0 spiro atoms. The number of hydrogen-bond acceptors (Lipinski definition) is 5. The van der Waals surface area contributed by atoms with Crippen molar-refractivity contribution >= 4 is 35.2 Å². The van der Waals surface area contributed by atoms with Gasteiger partial charge >= 0.3 is 18.2 Å². The number of amides is 4. The lowest BCUT2D eigenvalue weighted by Gasteiger charge is -2.31. The highest BCUT2D eigenvalue weighted by atomic mass is 19.4. The average molecular weight is 478 g/mol. The van der Waals surface area contributed by atoms with Gasteiger partial charge in [-0.2, -0.15) is 13.2 Å². The van der Waals surface area contributed by atoms with Crippen molar-refractivity contribution in [3.63, 3.8) is 0 Å². The molecule has 2 aromatic rings. The minimum atomic E-state index is -4.63. The highest BCUT2D eigenvalue weighted by Crippen LogP contribution is 2.37. The number of ether oxygens (including phenoxy) is 1. The molecule has 0 unspecified atom stereocenters. The van der Waals surface area contributed by atoms with Crippen LogP contribution in [0.3, 0.4) is 0 Å². The molecule has 1 atom stereocenters. The largest absolute Gasteiger partial charge is 0.451 e. The third-order valence-corrected chi connectivity index (χ3v) is 4.80. The Morgan fingerprint density at radius 2 is 1.82 bits per heavy atom. The lowest BCUT2D eigenvalue weighted by atomic mass is 10.1. The molecule has 9 nitrogen and oxygen atoms in total. The fourth-order valence-corrected chi connectivity index (χ4v) is 3.16. The lowest BCUT2D eigenvalue weighted by Crippen LogP contribution is -2.47. The van der Waals surface area contributed by atoms with Gasteiger partial charge in [-0.3, -0.25) is 19.3 Å². The van der Waals surface area contributed by atoms with Gasteiger partial charge in [0.25, 0.3) is 5.91 Å². The Kier molecular flexibility index (Phi) is 7.39. The van der Waals surface area contributed by atoms with Crippen molar-refractivity contribution < 1.29 is 37.1 Å². The lowest BCUT2D eigenvalue weighted by molar-refractivity contribution is -0.152. The van der Waals surface area contributed by atoms with E-state index in [0.29, 0.717) is 0 Å². The van der Waals surface area contributed by atoms with Gasteiger partial charge in [-0.1, -0.05) is 30.3 Å². The van der Waals surface area contributed by atoms with E-state index in [1.165, 1.54) is 6.92 Å². The Morgan fingerprint density at radius 1 is 1.12 bits per heavy atom. The van der Waals surface area contributed by atoms with E-state index < -0.39 is 54.7 Å². The molecular formula is C22H21F3N4O5. The summed E-state index contributed by atoms with van der Waals surface area (Å²) in [6.45, 7) is 0.512. The first-order chi connectivity index (χ1) is 16.0. The summed E-state index contributed by atoms with van der Waals surface area (Å²) < 4.78 is 43.9. The predicted octanol–water partition coefficient (Wildman–Crippen LogP) is 2.42. The minimum Gasteiger partial charge on any atom is -0.451 e. The molecule has 180 valence electrons. The Labute approximate surface area is 192 Å². The molecule has 0 saturated carbocycles. The second-order valence-electron chi connectivity index (χ2n) is 7.36. The number of anilines is 2. The first-order valence-corrected chi connectivity index (χ1v) is 10.1. The molecule has 0 aliphatic carbocycles. The van der Waals surface area contributed by atoms with E-state index in [-0.39, 0.29) is 17.9 Å². The average Bonchev–Trinajstić information content (AvgIpc) is 2.80. The number of hydrogen-bond donors (Lipinski definition) is 3. The molecule has 34 heavy (non-hydrogen) atoms. The molecular weight excluding hydrogens is 457 g/mol. The summed E-state index contributed by atoms with van der Waals surface area (Å²) in [6.07, 6.45) is -5.99. The van der Waals surface area contributed by atoms with Crippen LogP contribution in [0.4, 0.5) is 29.3 Å². The number of fused-ring (bicyclic) bond motifs is 1. The third kappa shape index (κ3) is 6.24. The summed E-state index contributed by atoms with van der Waals surface area (Å²) in [5.41, 5.74) is -0.279. The second kappa shape index (κ2) is 10.2. The summed E-state index contributed by atoms with van der Waals surface area (Å²) in [7, 11) is 0. The molecule has 0 fully saturated rings. The maximum absolute atomic E-state index is 13.0. The van der Waals surface area contributed by atoms with Crippen molar-refractivity contribution in [3.8, 4) is 0 Å². The van der Waals surface area contributed by atoms with Gasteiger partial charge in [-0.15, -0.1) is 0 Å². The summed E-state index contributed by atoms with van der Waals surface area (Å²) in [5, 5.41) is 7.15. The van der Waals surface area contributed by atoms with Crippen LogP contribution >= 0.6 is 0 Å². The molecule has 0 radical (unpaired) electrons. The van der Waals surface area contributed by atoms with E-state index in [1.54, 1.807) is 0 Å². The van der Waals surface area contributed by atoms with Crippen LogP contribution in [0.25, 0.3) is 0 Å². The molecule has 1 aliphatic heterocycles. The van der Waals surface area contributed by atoms with E-state index in [4.69, 9.17) is 4.74 Å². The summed E-state index contributed by atoms with van der Waals surface area (Å²) in [6, 6.07) is 11.0. The maximum atomic E-state index is 13.0. The number of carbonyl (C=O) groups is 4. The highest BCUT2D eigenvalue weighted by Gasteiger charge is 2.35. The van der Waals surface area contributed by atoms with E-state index in [2.05, 4.69) is 16.0 Å². The van der Waals surface area contributed by atoms with E-state index >= 15 is 0 Å². The fourth-order valence-electron chi connectivity index (χ4n) is 3.16. The summed E-state index contributed by atoms with van der Waals surface area (Å²) >= 11 is 0. The van der Waals surface area contributed by atoms with Crippen molar-refractivity contribution in [2.24, 2.45) is 0 Å². The van der Waals surface area contributed by atoms with Crippen molar-refractivity contribution in [3.05, 3.63) is 59.7 Å². The number of alkyl halides is 3. The van der Waals surface area contributed by atoms with Crippen LogP contribution in [0.15, 0.2) is 48.5 Å². The number of nitrogens with zero attached hydrogens (tertiary/aromatic N) is 1. The maximum Gasteiger partial charge on any atom is 0.416 e. The van der Waals surface area contributed by atoms with Crippen molar-refractivity contribution in [1.82, 2.24) is 10.6 Å². The van der Waals surface area contributed by atoms with Crippen LogP contribution in [0.5, 0.6) is 0 Å². The second-order valence-corrected chi connectivity index (χ2v) is 7.36. The third-order valence-electron chi connectivity index (χ3n) is 4.80. The van der Waals surface area contributed by atoms with Crippen molar-refractivity contribution in [2.75, 3.05) is 23.3 Å². The standard InChI is InChI=1S/C22H21F3N4O5/c1-13(34-19(31)11-27-21(33)26-10-14-5-3-2-4-6-14)20(32)29-12-18(30)28-16-9-15(22(23,24)25)7-8-17(16)29/h2-9,13H,10-12H2,1H3,(H,28,30)(H2,26,27,33)/t13-/m0/s1. The number of halogens is 3. The zero-order chi connectivity index (χ0) is 24.9. The van der Waals surface area contributed by atoms with Crippen LogP contribution in [-0.2, 0) is 31.8 Å². The molecule has 2 aromatic carbocycles.